The Bertz CT molecular complexity index is 590. The molecule has 4 nitrogen and oxygen atoms in total. The molecule has 5 heteroatoms. The number of nitrogen functional groups attached to an aromatic ring is 1. The van der Waals surface area contributed by atoms with Gasteiger partial charge in [-0.15, -0.1) is 0 Å². The van der Waals surface area contributed by atoms with E-state index in [0.29, 0.717) is 35.5 Å². The Kier molecular flexibility index (Phi) is 4.50. The summed E-state index contributed by atoms with van der Waals surface area (Å²) < 4.78 is 14.6. The molecule has 0 atom stereocenters. The highest BCUT2D eigenvalue weighted by Gasteiger charge is 2.16. The number of aldehydes is 1. The number of benzene rings is 1. The molecule has 0 bridgehead atoms. The molecule has 0 saturated carbocycles. The van der Waals surface area contributed by atoms with Crippen molar-refractivity contribution in [3.8, 4) is 11.3 Å². The van der Waals surface area contributed by atoms with E-state index in [1.165, 1.54) is 12.1 Å². The summed E-state index contributed by atoms with van der Waals surface area (Å²) in [6.45, 7) is 2.80. The van der Waals surface area contributed by atoms with E-state index in [0.717, 1.165) is 19.3 Å². The zero-order valence-corrected chi connectivity index (χ0v) is 11.5. The molecule has 1 aromatic carbocycles. The first-order valence-corrected chi connectivity index (χ1v) is 6.74. The number of rotatable bonds is 6. The van der Waals surface area contributed by atoms with E-state index < -0.39 is 0 Å². The maximum Gasteiger partial charge on any atom is 0.156 e. The van der Waals surface area contributed by atoms with Crippen LogP contribution in [0.25, 0.3) is 11.3 Å². The van der Waals surface area contributed by atoms with Gasteiger partial charge in [0.05, 0.1) is 5.56 Å². The summed E-state index contributed by atoms with van der Waals surface area (Å²) in [6, 6.07) is 5.88. The Morgan fingerprint density at radius 1 is 1.30 bits per heavy atom. The lowest BCUT2D eigenvalue weighted by atomic mass is 10.1. The van der Waals surface area contributed by atoms with Crippen molar-refractivity contribution < 1.29 is 9.18 Å². The summed E-state index contributed by atoms with van der Waals surface area (Å²) in [7, 11) is 0. The zero-order chi connectivity index (χ0) is 14.5. The van der Waals surface area contributed by atoms with Crippen LogP contribution in [0, 0.1) is 5.82 Å². The van der Waals surface area contributed by atoms with Gasteiger partial charge in [0, 0.05) is 12.1 Å². The third-order valence-electron chi connectivity index (χ3n) is 3.24. The molecule has 106 valence electrons. The van der Waals surface area contributed by atoms with Gasteiger partial charge in [-0.1, -0.05) is 19.8 Å². The maximum atomic E-state index is 13.0. The molecule has 0 aliphatic carbocycles. The smallest absolute Gasteiger partial charge is 0.156 e. The van der Waals surface area contributed by atoms with Crippen molar-refractivity contribution in [2.75, 3.05) is 5.73 Å². The Morgan fingerprint density at radius 3 is 2.60 bits per heavy atom. The Morgan fingerprint density at radius 2 is 2.00 bits per heavy atom. The lowest BCUT2D eigenvalue weighted by Gasteiger charge is -2.02. The predicted molar refractivity (Wildman–Crippen MR) is 76.9 cm³/mol. The van der Waals surface area contributed by atoms with E-state index in [-0.39, 0.29) is 5.82 Å². The van der Waals surface area contributed by atoms with Gasteiger partial charge in [0.25, 0.3) is 0 Å². The first-order valence-electron chi connectivity index (χ1n) is 6.74. The molecule has 0 amide bonds. The molecular formula is C15H18FN3O. The number of unbranched alkanes of at least 4 members (excludes halogenated alkanes) is 2. The molecular weight excluding hydrogens is 257 g/mol. The molecule has 0 spiro atoms. The van der Waals surface area contributed by atoms with Gasteiger partial charge in [0.2, 0.25) is 0 Å². The number of carbonyl (C=O) groups excluding carboxylic acids is 1. The average Bonchev–Trinajstić information content (AvgIpc) is 2.77. The van der Waals surface area contributed by atoms with E-state index in [4.69, 9.17) is 5.73 Å². The minimum Gasteiger partial charge on any atom is -0.383 e. The van der Waals surface area contributed by atoms with Gasteiger partial charge in [0.1, 0.15) is 17.3 Å². The molecule has 0 unspecified atom stereocenters. The largest absolute Gasteiger partial charge is 0.383 e. The second-order valence-electron chi connectivity index (χ2n) is 4.70. The maximum absolute atomic E-state index is 13.0. The number of aromatic nitrogens is 2. The SMILES string of the molecule is CCCCCn1nc(-c2ccc(F)cc2)c(C=O)c1N. The van der Waals surface area contributed by atoms with Crippen LogP contribution in [0.15, 0.2) is 24.3 Å². The van der Waals surface area contributed by atoms with Crippen LogP contribution in [0.3, 0.4) is 0 Å². The van der Waals surface area contributed by atoms with Gasteiger partial charge in [-0.3, -0.25) is 4.79 Å². The third kappa shape index (κ3) is 2.87. The van der Waals surface area contributed by atoms with E-state index in [9.17, 15) is 9.18 Å². The highest BCUT2D eigenvalue weighted by Crippen LogP contribution is 2.26. The first kappa shape index (κ1) is 14.2. The Balaban J connectivity index is 2.35. The molecule has 0 radical (unpaired) electrons. The minimum absolute atomic E-state index is 0.322. The highest BCUT2D eigenvalue weighted by atomic mass is 19.1. The van der Waals surface area contributed by atoms with Crippen LogP contribution < -0.4 is 5.73 Å². The summed E-state index contributed by atoms with van der Waals surface area (Å²) in [4.78, 5) is 11.2. The third-order valence-corrected chi connectivity index (χ3v) is 3.24. The lowest BCUT2D eigenvalue weighted by molar-refractivity contribution is 0.112. The van der Waals surface area contributed by atoms with Crippen LogP contribution in [0.2, 0.25) is 0 Å². The number of nitrogens with two attached hydrogens (primary N) is 1. The van der Waals surface area contributed by atoms with Crippen LogP contribution >= 0.6 is 0 Å². The van der Waals surface area contributed by atoms with Crippen molar-refractivity contribution >= 4 is 12.1 Å². The fourth-order valence-corrected chi connectivity index (χ4v) is 2.11. The van der Waals surface area contributed by atoms with Crippen LogP contribution in [-0.2, 0) is 6.54 Å². The number of hydrogen-bond donors (Lipinski definition) is 1. The van der Waals surface area contributed by atoms with E-state index in [1.54, 1.807) is 16.8 Å². The average molecular weight is 275 g/mol. The summed E-state index contributed by atoms with van der Waals surface area (Å²) >= 11 is 0. The van der Waals surface area contributed by atoms with Crippen molar-refractivity contribution in [1.82, 2.24) is 9.78 Å². The molecule has 1 aromatic heterocycles. The molecule has 0 saturated heterocycles. The van der Waals surface area contributed by atoms with Crippen LogP contribution in [0.4, 0.5) is 10.2 Å². The van der Waals surface area contributed by atoms with Gasteiger partial charge in [0.15, 0.2) is 6.29 Å². The summed E-state index contributed by atoms with van der Waals surface area (Å²) in [6.07, 6.45) is 3.86. The summed E-state index contributed by atoms with van der Waals surface area (Å²) in [5.41, 5.74) is 7.53. The fraction of sp³-hybridized carbons (Fsp3) is 0.333. The van der Waals surface area contributed by atoms with Gasteiger partial charge in [-0.25, -0.2) is 9.07 Å². The summed E-state index contributed by atoms with van der Waals surface area (Å²) in [5.74, 6) is 0.0483. The van der Waals surface area contributed by atoms with Crippen LogP contribution in [0.1, 0.15) is 36.5 Å². The molecule has 2 rings (SSSR count). The molecule has 1 heterocycles. The Labute approximate surface area is 117 Å². The first-order chi connectivity index (χ1) is 9.67. The number of nitrogens with zero attached hydrogens (tertiary/aromatic N) is 2. The number of aryl methyl sites for hydroxylation is 1. The quantitative estimate of drug-likeness (QED) is 0.650. The lowest BCUT2D eigenvalue weighted by Crippen LogP contribution is -2.05. The van der Waals surface area contributed by atoms with Gasteiger partial charge in [-0.05, 0) is 30.7 Å². The molecule has 20 heavy (non-hydrogen) atoms. The molecule has 0 aliphatic rings. The predicted octanol–water partition coefficient (Wildman–Crippen LogP) is 3.27. The Hall–Kier alpha value is -2.17. The second-order valence-corrected chi connectivity index (χ2v) is 4.70. The van der Waals surface area contributed by atoms with Crippen molar-refractivity contribution in [1.29, 1.82) is 0 Å². The monoisotopic (exact) mass is 275 g/mol. The molecule has 0 fully saturated rings. The molecule has 0 aliphatic heterocycles. The second kappa shape index (κ2) is 6.32. The van der Waals surface area contributed by atoms with Gasteiger partial charge >= 0.3 is 0 Å². The van der Waals surface area contributed by atoms with Gasteiger partial charge in [-0.2, -0.15) is 5.10 Å². The van der Waals surface area contributed by atoms with Crippen molar-refractivity contribution in [2.45, 2.75) is 32.7 Å². The normalized spacial score (nSPS) is 10.7. The standard InChI is InChI=1S/C15H18FN3O/c1-2-3-4-9-19-15(17)13(10-20)14(18-19)11-5-7-12(16)8-6-11/h5-8,10H,2-4,9,17H2,1H3. The minimum atomic E-state index is -0.322. The summed E-state index contributed by atoms with van der Waals surface area (Å²) in [5, 5.41) is 4.39. The van der Waals surface area contributed by atoms with Crippen LogP contribution in [-0.4, -0.2) is 16.1 Å². The number of halogens is 1. The van der Waals surface area contributed by atoms with E-state index >= 15 is 0 Å². The molecule has 2 N–H and O–H groups in total. The fourth-order valence-electron chi connectivity index (χ4n) is 2.11. The van der Waals surface area contributed by atoms with Gasteiger partial charge < -0.3 is 5.73 Å². The van der Waals surface area contributed by atoms with Crippen molar-refractivity contribution in [3.63, 3.8) is 0 Å². The van der Waals surface area contributed by atoms with E-state index in [1.807, 2.05) is 0 Å². The molecule has 2 aromatic rings. The van der Waals surface area contributed by atoms with Crippen LogP contribution in [0.5, 0.6) is 0 Å². The van der Waals surface area contributed by atoms with Crippen molar-refractivity contribution in [2.24, 2.45) is 0 Å². The van der Waals surface area contributed by atoms with Crippen molar-refractivity contribution in [3.05, 3.63) is 35.6 Å². The number of carbonyl (C=O) groups is 1. The number of anilines is 1. The zero-order valence-electron chi connectivity index (χ0n) is 11.5. The van der Waals surface area contributed by atoms with E-state index in [2.05, 4.69) is 12.0 Å². The topological polar surface area (TPSA) is 60.9 Å². The highest BCUT2D eigenvalue weighted by molar-refractivity contribution is 5.91. The number of hydrogen-bond acceptors (Lipinski definition) is 3.